The van der Waals surface area contributed by atoms with Gasteiger partial charge < -0.3 is 14.3 Å². The fourth-order valence-electron chi connectivity index (χ4n) is 2.56. The van der Waals surface area contributed by atoms with Gasteiger partial charge in [0.2, 0.25) is 0 Å². The van der Waals surface area contributed by atoms with Crippen LogP contribution in [0.4, 0.5) is 0 Å². The van der Waals surface area contributed by atoms with E-state index in [1.165, 1.54) is 18.2 Å². The Kier molecular flexibility index (Phi) is 4.89. The van der Waals surface area contributed by atoms with Crippen molar-refractivity contribution in [2.75, 3.05) is 0 Å². The molecule has 2 aromatic carbocycles. The Morgan fingerprint density at radius 1 is 1.15 bits per heavy atom. The Hall–Kier alpha value is -3.34. The molecule has 1 aromatic heterocycles. The predicted octanol–water partition coefficient (Wildman–Crippen LogP) is 4.23. The van der Waals surface area contributed by atoms with E-state index in [4.69, 9.17) is 9.15 Å². The Morgan fingerprint density at radius 2 is 1.92 bits per heavy atom. The summed E-state index contributed by atoms with van der Waals surface area (Å²) in [6.45, 7) is 3.92. The van der Waals surface area contributed by atoms with Crippen molar-refractivity contribution in [2.24, 2.45) is 0 Å². The van der Waals surface area contributed by atoms with Crippen LogP contribution in [0.2, 0.25) is 0 Å². The molecule has 0 saturated heterocycles. The lowest BCUT2D eigenvalue weighted by atomic mass is 10.1. The molecule has 0 fully saturated rings. The zero-order valence-corrected chi connectivity index (χ0v) is 14.5. The highest BCUT2D eigenvalue weighted by Gasteiger charge is 2.16. The number of carbonyl (C=O) groups excluding carboxylic acids is 1. The van der Waals surface area contributed by atoms with E-state index in [2.05, 4.69) is 0 Å². The van der Waals surface area contributed by atoms with Crippen LogP contribution in [0.25, 0.3) is 11.0 Å². The molecule has 5 nitrogen and oxygen atoms in total. The highest BCUT2D eigenvalue weighted by molar-refractivity contribution is 5.92. The van der Waals surface area contributed by atoms with Gasteiger partial charge in [0.1, 0.15) is 17.1 Å². The second-order valence-corrected chi connectivity index (χ2v) is 6.14. The molecule has 3 aromatic rings. The second-order valence-electron chi connectivity index (χ2n) is 6.14. The average molecular weight is 350 g/mol. The van der Waals surface area contributed by atoms with Gasteiger partial charge in [0.05, 0.1) is 5.56 Å². The first kappa shape index (κ1) is 17.5. The van der Waals surface area contributed by atoms with E-state index in [-0.39, 0.29) is 11.3 Å². The Labute approximate surface area is 150 Å². The Bertz CT molecular complexity index is 1060. The van der Waals surface area contributed by atoms with Crippen LogP contribution >= 0.6 is 0 Å². The van der Waals surface area contributed by atoms with E-state index >= 15 is 0 Å². The zero-order valence-electron chi connectivity index (χ0n) is 14.5. The molecule has 0 radical (unpaired) electrons. The van der Waals surface area contributed by atoms with Gasteiger partial charge >= 0.3 is 11.6 Å². The molecule has 26 heavy (non-hydrogen) atoms. The standard InChI is InChI=1S/C21H18O5/c1-13(2)6-9-17-18(10-7-14-8-11-19(23)26-20(14)17)25-21(24)15-4-3-5-16(22)12-15/h3-8,10-12,22H,9H2,1-2H3. The maximum atomic E-state index is 12.4. The molecule has 0 unspecified atom stereocenters. The van der Waals surface area contributed by atoms with Crippen LogP contribution in [0, 0.1) is 0 Å². The van der Waals surface area contributed by atoms with Crippen LogP contribution < -0.4 is 10.4 Å². The number of phenolic OH excluding ortho intramolecular Hbond substituents is 1. The molecule has 0 aliphatic heterocycles. The van der Waals surface area contributed by atoms with Crippen LogP contribution in [-0.4, -0.2) is 11.1 Å². The topological polar surface area (TPSA) is 76.7 Å². The van der Waals surface area contributed by atoms with Gasteiger partial charge in [-0.05, 0) is 56.7 Å². The Balaban J connectivity index is 2.06. The molecule has 132 valence electrons. The number of ether oxygens (including phenoxy) is 1. The van der Waals surface area contributed by atoms with E-state index in [0.717, 1.165) is 11.0 Å². The fraction of sp³-hybridized carbons (Fsp3) is 0.143. The molecule has 0 bridgehead atoms. The van der Waals surface area contributed by atoms with Gasteiger partial charge in [-0.3, -0.25) is 0 Å². The lowest BCUT2D eigenvalue weighted by Crippen LogP contribution is -2.10. The molecule has 3 rings (SSSR count). The minimum absolute atomic E-state index is 0.0197. The van der Waals surface area contributed by atoms with Crippen LogP contribution in [0.15, 0.2) is 69.4 Å². The number of hydrogen-bond donors (Lipinski definition) is 1. The number of phenols is 1. The van der Waals surface area contributed by atoms with E-state index in [0.29, 0.717) is 23.3 Å². The summed E-state index contributed by atoms with van der Waals surface area (Å²) in [5, 5.41) is 10.3. The largest absolute Gasteiger partial charge is 0.508 e. The second kappa shape index (κ2) is 7.27. The van der Waals surface area contributed by atoms with Gasteiger partial charge in [-0.25, -0.2) is 9.59 Å². The van der Waals surface area contributed by atoms with Gasteiger partial charge in [0.25, 0.3) is 0 Å². The van der Waals surface area contributed by atoms with Crippen molar-refractivity contribution in [1.29, 1.82) is 0 Å². The van der Waals surface area contributed by atoms with Crippen molar-refractivity contribution < 1.29 is 19.1 Å². The highest BCUT2D eigenvalue weighted by atomic mass is 16.5. The summed E-state index contributed by atoms with van der Waals surface area (Å²) < 4.78 is 10.9. The number of hydrogen-bond acceptors (Lipinski definition) is 5. The van der Waals surface area contributed by atoms with Gasteiger partial charge in [-0.15, -0.1) is 0 Å². The molecule has 0 amide bonds. The lowest BCUT2D eigenvalue weighted by Gasteiger charge is -2.11. The molecular formula is C21H18O5. The predicted molar refractivity (Wildman–Crippen MR) is 98.7 cm³/mol. The summed E-state index contributed by atoms with van der Waals surface area (Å²) in [5.41, 5.74) is 1.87. The molecule has 1 N–H and O–H groups in total. The van der Waals surface area contributed by atoms with Crippen LogP contribution in [0.5, 0.6) is 11.5 Å². The molecule has 0 spiro atoms. The number of fused-ring (bicyclic) bond motifs is 1. The number of aromatic hydroxyl groups is 1. The zero-order chi connectivity index (χ0) is 18.7. The maximum Gasteiger partial charge on any atom is 0.343 e. The van der Waals surface area contributed by atoms with Crippen molar-refractivity contribution in [3.05, 3.63) is 81.7 Å². The van der Waals surface area contributed by atoms with Gasteiger partial charge in [0, 0.05) is 17.0 Å². The fourth-order valence-corrected chi connectivity index (χ4v) is 2.56. The SMILES string of the molecule is CC(C)=CCc1c(OC(=O)c2cccc(O)c2)ccc2ccc(=O)oc12. The van der Waals surface area contributed by atoms with E-state index in [1.807, 2.05) is 19.9 Å². The third-order valence-corrected chi connectivity index (χ3v) is 3.85. The van der Waals surface area contributed by atoms with E-state index in [9.17, 15) is 14.7 Å². The third kappa shape index (κ3) is 3.83. The lowest BCUT2D eigenvalue weighted by molar-refractivity contribution is 0.0733. The first-order valence-corrected chi connectivity index (χ1v) is 8.14. The normalized spacial score (nSPS) is 10.5. The molecular weight excluding hydrogens is 332 g/mol. The quantitative estimate of drug-likeness (QED) is 0.330. The Morgan fingerprint density at radius 3 is 2.65 bits per heavy atom. The number of benzene rings is 2. The van der Waals surface area contributed by atoms with E-state index < -0.39 is 11.6 Å². The molecule has 1 heterocycles. The summed E-state index contributed by atoms with van der Waals surface area (Å²) >= 11 is 0. The number of carbonyl (C=O) groups is 1. The van der Waals surface area contributed by atoms with Gasteiger partial charge in [0.15, 0.2) is 0 Å². The number of rotatable bonds is 4. The molecule has 0 saturated carbocycles. The van der Waals surface area contributed by atoms with Crippen molar-refractivity contribution in [3.63, 3.8) is 0 Å². The van der Waals surface area contributed by atoms with Crippen molar-refractivity contribution in [1.82, 2.24) is 0 Å². The monoisotopic (exact) mass is 350 g/mol. The molecule has 0 atom stereocenters. The van der Waals surface area contributed by atoms with Crippen LogP contribution in [0.1, 0.15) is 29.8 Å². The minimum Gasteiger partial charge on any atom is -0.508 e. The number of allylic oxidation sites excluding steroid dienone is 2. The van der Waals surface area contributed by atoms with Crippen molar-refractivity contribution in [2.45, 2.75) is 20.3 Å². The summed E-state index contributed by atoms with van der Waals surface area (Å²) in [4.78, 5) is 24.1. The van der Waals surface area contributed by atoms with Crippen LogP contribution in [0.3, 0.4) is 0 Å². The highest BCUT2D eigenvalue weighted by Crippen LogP contribution is 2.29. The molecule has 5 heteroatoms. The third-order valence-electron chi connectivity index (χ3n) is 3.85. The summed E-state index contributed by atoms with van der Waals surface area (Å²) in [5.74, 6) is -0.302. The summed E-state index contributed by atoms with van der Waals surface area (Å²) in [7, 11) is 0. The van der Waals surface area contributed by atoms with Gasteiger partial charge in [-0.1, -0.05) is 17.7 Å². The van der Waals surface area contributed by atoms with Gasteiger partial charge in [-0.2, -0.15) is 0 Å². The summed E-state index contributed by atoms with van der Waals surface area (Å²) in [6.07, 6.45) is 2.42. The minimum atomic E-state index is -0.600. The first-order chi connectivity index (χ1) is 12.4. The van der Waals surface area contributed by atoms with Crippen LogP contribution in [-0.2, 0) is 6.42 Å². The average Bonchev–Trinajstić information content (AvgIpc) is 2.60. The van der Waals surface area contributed by atoms with E-state index in [1.54, 1.807) is 30.3 Å². The smallest absolute Gasteiger partial charge is 0.343 e. The molecule has 0 aliphatic rings. The molecule has 0 aliphatic carbocycles. The van der Waals surface area contributed by atoms with Crippen molar-refractivity contribution >= 4 is 16.9 Å². The summed E-state index contributed by atoms with van der Waals surface area (Å²) in [6, 6.07) is 12.4. The van der Waals surface area contributed by atoms with Crippen molar-refractivity contribution in [3.8, 4) is 11.5 Å². The number of esters is 1. The maximum absolute atomic E-state index is 12.4. The first-order valence-electron chi connectivity index (χ1n) is 8.14.